The number of benzene rings is 2. The highest BCUT2D eigenvalue weighted by Gasteiger charge is 2.10. The Labute approximate surface area is 150 Å². The van der Waals surface area contributed by atoms with Gasteiger partial charge in [-0.1, -0.05) is 26.0 Å². The molecule has 0 radical (unpaired) electrons. The normalized spacial score (nSPS) is 11.0. The van der Waals surface area contributed by atoms with Gasteiger partial charge >= 0.3 is 0 Å². The fraction of sp³-hybridized carbons (Fsp3) is 0.211. The van der Waals surface area contributed by atoms with Gasteiger partial charge in [0.15, 0.2) is 4.77 Å². The number of rotatable bonds is 3. The van der Waals surface area contributed by atoms with E-state index in [4.69, 9.17) is 12.2 Å². The Morgan fingerprint density at radius 3 is 2.48 bits per heavy atom. The highest BCUT2D eigenvalue weighted by molar-refractivity contribution is 7.71. The van der Waals surface area contributed by atoms with E-state index < -0.39 is 0 Å². The molecule has 1 amide bonds. The number of amides is 1. The number of nitrogens with one attached hydrogen (secondary N) is 2. The molecule has 1 aromatic heterocycles. The zero-order valence-electron chi connectivity index (χ0n) is 14.3. The molecule has 2 aromatic carbocycles. The number of carbonyl (C=O) groups excluding carboxylic acids is 1. The Kier molecular flexibility index (Phi) is 4.55. The third-order valence-electron chi connectivity index (χ3n) is 4.20. The Hall–Kier alpha value is -2.73. The minimum Gasteiger partial charge on any atom is -0.332 e. The van der Waals surface area contributed by atoms with Crippen LogP contribution in [0.3, 0.4) is 0 Å². The van der Waals surface area contributed by atoms with Crippen LogP contribution in [-0.4, -0.2) is 15.5 Å². The van der Waals surface area contributed by atoms with Gasteiger partial charge in [0.25, 0.3) is 11.5 Å². The van der Waals surface area contributed by atoms with Crippen LogP contribution < -0.4 is 10.9 Å². The molecule has 3 aromatic rings. The van der Waals surface area contributed by atoms with Gasteiger partial charge in [0.1, 0.15) is 0 Å². The third-order valence-corrected chi connectivity index (χ3v) is 4.57. The van der Waals surface area contributed by atoms with Gasteiger partial charge in [0.05, 0.1) is 10.9 Å². The largest absolute Gasteiger partial charge is 0.332 e. The molecule has 5 nitrogen and oxygen atoms in total. The summed E-state index contributed by atoms with van der Waals surface area (Å²) in [5.41, 5.74) is 2.77. The first kappa shape index (κ1) is 17.1. The van der Waals surface area contributed by atoms with Crippen molar-refractivity contribution in [2.75, 3.05) is 5.32 Å². The quantitative estimate of drug-likeness (QED) is 0.700. The number of H-pyrrole nitrogens is 1. The number of nitrogens with zero attached hydrogens (tertiary/aromatic N) is 1. The van der Waals surface area contributed by atoms with Crippen molar-refractivity contribution in [3.63, 3.8) is 0 Å². The molecule has 25 heavy (non-hydrogen) atoms. The summed E-state index contributed by atoms with van der Waals surface area (Å²) in [6, 6.07) is 12.7. The third kappa shape index (κ3) is 3.39. The summed E-state index contributed by atoms with van der Waals surface area (Å²) in [7, 11) is 1.61. The van der Waals surface area contributed by atoms with E-state index in [1.165, 1.54) is 10.1 Å². The van der Waals surface area contributed by atoms with Crippen LogP contribution in [0.25, 0.3) is 10.9 Å². The van der Waals surface area contributed by atoms with Gasteiger partial charge in [0.2, 0.25) is 0 Å². The Balaban J connectivity index is 1.91. The second-order valence-electron chi connectivity index (χ2n) is 6.29. The van der Waals surface area contributed by atoms with Crippen LogP contribution in [0.5, 0.6) is 0 Å². The maximum absolute atomic E-state index is 12.5. The molecule has 6 heteroatoms. The summed E-state index contributed by atoms with van der Waals surface area (Å²) in [5, 5.41) is 3.36. The molecule has 0 aliphatic heterocycles. The van der Waals surface area contributed by atoms with Gasteiger partial charge in [-0.25, -0.2) is 0 Å². The van der Waals surface area contributed by atoms with Crippen LogP contribution in [0.15, 0.2) is 47.3 Å². The zero-order chi connectivity index (χ0) is 18.1. The fourth-order valence-corrected chi connectivity index (χ4v) is 2.79. The molecule has 2 N–H and O–H groups in total. The van der Waals surface area contributed by atoms with E-state index in [0.717, 1.165) is 5.69 Å². The van der Waals surface area contributed by atoms with Crippen molar-refractivity contribution in [3.05, 3.63) is 68.7 Å². The first-order valence-corrected chi connectivity index (χ1v) is 8.42. The van der Waals surface area contributed by atoms with Crippen LogP contribution in [0.2, 0.25) is 0 Å². The topological polar surface area (TPSA) is 66.9 Å². The Morgan fingerprint density at radius 1 is 1.16 bits per heavy atom. The molecular formula is C19H19N3O2S. The molecule has 3 rings (SSSR count). The zero-order valence-corrected chi connectivity index (χ0v) is 15.1. The Morgan fingerprint density at radius 2 is 1.84 bits per heavy atom. The van der Waals surface area contributed by atoms with Crippen LogP contribution in [0.1, 0.15) is 35.7 Å². The predicted octanol–water partition coefficient (Wildman–Crippen LogP) is 3.97. The second-order valence-corrected chi connectivity index (χ2v) is 6.67. The van der Waals surface area contributed by atoms with Gasteiger partial charge in [-0.3, -0.25) is 14.2 Å². The molecule has 0 unspecified atom stereocenters. The van der Waals surface area contributed by atoms with Gasteiger partial charge in [-0.2, -0.15) is 0 Å². The fourth-order valence-electron chi connectivity index (χ4n) is 2.60. The number of carbonyl (C=O) groups is 1. The predicted molar refractivity (Wildman–Crippen MR) is 103 cm³/mol. The SMILES string of the molecule is CC(C)c1ccc(NC(=O)c2ccc3c(=O)n(C)c(=S)[nH]c3c2)cc1. The minimum absolute atomic E-state index is 0.185. The van der Waals surface area contributed by atoms with Gasteiger partial charge in [-0.05, 0) is 54.0 Å². The van der Waals surface area contributed by atoms with Crippen LogP contribution in [0, 0.1) is 4.77 Å². The second kappa shape index (κ2) is 6.64. The van der Waals surface area contributed by atoms with Gasteiger partial charge in [0, 0.05) is 18.3 Å². The molecule has 0 spiro atoms. The Bertz CT molecular complexity index is 1060. The van der Waals surface area contributed by atoms with Crippen molar-refractivity contribution in [2.24, 2.45) is 7.05 Å². The lowest BCUT2D eigenvalue weighted by Gasteiger charge is -2.09. The number of fused-ring (bicyclic) bond motifs is 1. The number of hydrogen-bond donors (Lipinski definition) is 2. The first-order valence-electron chi connectivity index (χ1n) is 8.01. The molecule has 0 aliphatic rings. The van der Waals surface area contributed by atoms with Crippen molar-refractivity contribution in [1.29, 1.82) is 0 Å². The smallest absolute Gasteiger partial charge is 0.261 e. The summed E-state index contributed by atoms with van der Waals surface area (Å²) in [4.78, 5) is 27.6. The van der Waals surface area contributed by atoms with E-state index >= 15 is 0 Å². The summed E-state index contributed by atoms with van der Waals surface area (Å²) < 4.78 is 1.69. The minimum atomic E-state index is -0.237. The van der Waals surface area contributed by atoms with Gasteiger partial charge in [-0.15, -0.1) is 0 Å². The maximum Gasteiger partial charge on any atom is 0.261 e. The lowest BCUT2D eigenvalue weighted by molar-refractivity contribution is 0.102. The van der Waals surface area contributed by atoms with Crippen molar-refractivity contribution in [2.45, 2.75) is 19.8 Å². The number of aromatic amines is 1. The first-order chi connectivity index (χ1) is 11.9. The van der Waals surface area contributed by atoms with E-state index in [9.17, 15) is 9.59 Å². The van der Waals surface area contributed by atoms with E-state index in [1.807, 2.05) is 24.3 Å². The highest BCUT2D eigenvalue weighted by atomic mass is 32.1. The average molecular weight is 353 g/mol. The van der Waals surface area contributed by atoms with Gasteiger partial charge < -0.3 is 10.3 Å². The van der Waals surface area contributed by atoms with Crippen LogP contribution >= 0.6 is 12.2 Å². The summed E-state index contributed by atoms with van der Waals surface area (Å²) in [6.45, 7) is 4.24. The standard InChI is InChI=1S/C19H19N3O2S/c1-11(2)12-4-7-14(8-5-12)20-17(23)13-6-9-15-16(10-13)21-19(25)22(3)18(15)24/h4-11H,1-3H3,(H,20,23)(H,21,25). The van der Waals surface area contributed by atoms with Crippen molar-refractivity contribution < 1.29 is 4.79 Å². The number of anilines is 1. The molecule has 0 aliphatic carbocycles. The maximum atomic E-state index is 12.5. The summed E-state index contributed by atoms with van der Waals surface area (Å²) >= 11 is 5.12. The molecule has 0 bridgehead atoms. The van der Waals surface area contributed by atoms with Crippen molar-refractivity contribution in [3.8, 4) is 0 Å². The average Bonchev–Trinajstić information content (AvgIpc) is 2.59. The highest BCUT2D eigenvalue weighted by Crippen LogP contribution is 2.18. The van der Waals surface area contributed by atoms with E-state index in [2.05, 4.69) is 24.1 Å². The molecule has 0 atom stereocenters. The van der Waals surface area contributed by atoms with E-state index in [-0.39, 0.29) is 11.5 Å². The molecule has 1 heterocycles. The molecule has 0 saturated carbocycles. The van der Waals surface area contributed by atoms with Crippen molar-refractivity contribution >= 4 is 34.7 Å². The summed E-state index contributed by atoms with van der Waals surface area (Å²) in [5.74, 6) is 0.204. The number of aromatic nitrogens is 2. The lowest BCUT2D eigenvalue weighted by atomic mass is 10.0. The van der Waals surface area contributed by atoms with Crippen LogP contribution in [-0.2, 0) is 7.05 Å². The van der Waals surface area contributed by atoms with Crippen molar-refractivity contribution in [1.82, 2.24) is 9.55 Å². The molecular weight excluding hydrogens is 334 g/mol. The van der Waals surface area contributed by atoms with E-state index in [1.54, 1.807) is 25.2 Å². The van der Waals surface area contributed by atoms with E-state index in [0.29, 0.717) is 27.2 Å². The number of hydrogen-bond acceptors (Lipinski definition) is 3. The molecule has 0 fully saturated rings. The molecule has 0 saturated heterocycles. The summed E-state index contributed by atoms with van der Waals surface area (Å²) in [6.07, 6.45) is 0. The lowest BCUT2D eigenvalue weighted by Crippen LogP contribution is -2.19. The monoisotopic (exact) mass is 353 g/mol. The molecule has 128 valence electrons. The van der Waals surface area contributed by atoms with Crippen LogP contribution in [0.4, 0.5) is 5.69 Å².